The highest BCUT2D eigenvalue weighted by Crippen LogP contribution is 2.27. The van der Waals surface area contributed by atoms with Gasteiger partial charge in [0.05, 0.1) is 12.6 Å². The minimum absolute atomic E-state index is 0.897. The number of aryl methyl sites for hydroxylation is 3. The topological polar surface area (TPSA) is 14.2 Å². The van der Waals surface area contributed by atoms with E-state index in [4.69, 9.17) is 4.74 Å². The summed E-state index contributed by atoms with van der Waals surface area (Å²) in [4.78, 5) is 0. The summed E-state index contributed by atoms with van der Waals surface area (Å²) >= 11 is 0. The standard InChI is InChI=1S/C19H21NO/c1-13-10-14(2)17(15(3)11-13)12-20-9-8-16-18(20)6-5-7-19(16)21-4/h5-11H,12H2,1-4H3. The predicted molar refractivity (Wildman–Crippen MR) is 88.2 cm³/mol. The van der Waals surface area contributed by atoms with E-state index < -0.39 is 0 Å². The highest BCUT2D eigenvalue weighted by molar-refractivity contribution is 5.86. The second-order valence-corrected chi connectivity index (χ2v) is 5.71. The zero-order chi connectivity index (χ0) is 15.0. The van der Waals surface area contributed by atoms with E-state index in [2.05, 4.69) is 55.8 Å². The largest absolute Gasteiger partial charge is 0.496 e. The molecule has 0 atom stereocenters. The van der Waals surface area contributed by atoms with Gasteiger partial charge in [-0.15, -0.1) is 0 Å². The first-order valence-corrected chi connectivity index (χ1v) is 7.28. The Kier molecular flexibility index (Phi) is 3.46. The maximum absolute atomic E-state index is 5.44. The molecule has 21 heavy (non-hydrogen) atoms. The van der Waals surface area contributed by atoms with Crippen LogP contribution in [0.2, 0.25) is 0 Å². The summed E-state index contributed by atoms with van der Waals surface area (Å²) in [5, 5.41) is 1.17. The zero-order valence-electron chi connectivity index (χ0n) is 13.1. The molecule has 0 aliphatic carbocycles. The van der Waals surface area contributed by atoms with E-state index >= 15 is 0 Å². The Morgan fingerprint density at radius 3 is 2.38 bits per heavy atom. The van der Waals surface area contributed by atoms with E-state index in [-0.39, 0.29) is 0 Å². The lowest BCUT2D eigenvalue weighted by Crippen LogP contribution is -2.03. The van der Waals surface area contributed by atoms with Crippen molar-refractivity contribution in [2.45, 2.75) is 27.3 Å². The van der Waals surface area contributed by atoms with Crippen LogP contribution in [0.1, 0.15) is 22.3 Å². The molecule has 2 heteroatoms. The van der Waals surface area contributed by atoms with Crippen LogP contribution >= 0.6 is 0 Å². The molecule has 1 heterocycles. The third kappa shape index (κ3) is 2.42. The summed E-state index contributed by atoms with van der Waals surface area (Å²) in [6.07, 6.45) is 2.14. The third-order valence-electron chi connectivity index (χ3n) is 4.16. The van der Waals surface area contributed by atoms with Crippen LogP contribution in [0.15, 0.2) is 42.6 Å². The number of ether oxygens (including phenoxy) is 1. The summed E-state index contributed by atoms with van der Waals surface area (Å²) in [5.41, 5.74) is 6.66. The fourth-order valence-corrected chi connectivity index (χ4v) is 3.14. The maximum Gasteiger partial charge on any atom is 0.128 e. The number of hydrogen-bond donors (Lipinski definition) is 0. The molecule has 0 bridgehead atoms. The summed E-state index contributed by atoms with van der Waals surface area (Å²) in [7, 11) is 1.72. The molecule has 0 amide bonds. The third-order valence-corrected chi connectivity index (χ3v) is 4.16. The van der Waals surface area contributed by atoms with Gasteiger partial charge in [0.2, 0.25) is 0 Å². The van der Waals surface area contributed by atoms with Crippen molar-refractivity contribution in [3.05, 3.63) is 64.8 Å². The molecule has 0 aliphatic heterocycles. The normalized spacial score (nSPS) is 11.0. The summed E-state index contributed by atoms with van der Waals surface area (Å²) in [6.45, 7) is 7.44. The Hall–Kier alpha value is -2.22. The minimum atomic E-state index is 0.897. The van der Waals surface area contributed by atoms with Crippen molar-refractivity contribution < 1.29 is 4.74 Å². The van der Waals surface area contributed by atoms with E-state index in [0.29, 0.717) is 0 Å². The first kappa shape index (κ1) is 13.7. The Bertz CT molecular complexity index is 775. The first-order valence-electron chi connectivity index (χ1n) is 7.28. The van der Waals surface area contributed by atoms with Gasteiger partial charge >= 0.3 is 0 Å². The number of aromatic nitrogens is 1. The van der Waals surface area contributed by atoms with Gasteiger partial charge in [0.15, 0.2) is 0 Å². The number of nitrogens with zero attached hydrogens (tertiary/aromatic N) is 1. The molecule has 108 valence electrons. The van der Waals surface area contributed by atoms with Gasteiger partial charge in [0.1, 0.15) is 5.75 Å². The molecule has 0 spiro atoms. The molecule has 3 rings (SSSR count). The Balaban J connectivity index is 2.07. The Morgan fingerprint density at radius 2 is 1.71 bits per heavy atom. The van der Waals surface area contributed by atoms with Crippen LogP contribution in [0.5, 0.6) is 5.75 Å². The Morgan fingerprint density at radius 1 is 1.00 bits per heavy atom. The van der Waals surface area contributed by atoms with Crippen LogP contribution in [0.25, 0.3) is 10.9 Å². The zero-order valence-corrected chi connectivity index (χ0v) is 13.1. The molecule has 2 nitrogen and oxygen atoms in total. The second kappa shape index (κ2) is 5.28. The van der Waals surface area contributed by atoms with Crippen molar-refractivity contribution in [1.29, 1.82) is 0 Å². The monoisotopic (exact) mass is 279 g/mol. The summed E-state index contributed by atoms with van der Waals surface area (Å²) in [6, 6.07) is 12.9. The van der Waals surface area contributed by atoms with Gasteiger partial charge in [-0.2, -0.15) is 0 Å². The van der Waals surface area contributed by atoms with Gasteiger partial charge in [0, 0.05) is 18.1 Å². The van der Waals surface area contributed by atoms with E-state index in [1.165, 1.54) is 33.2 Å². The highest BCUT2D eigenvalue weighted by atomic mass is 16.5. The van der Waals surface area contributed by atoms with Gasteiger partial charge in [0.25, 0.3) is 0 Å². The molecular formula is C19H21NO. The number of rotatable bonds is 3. The summed E-state index contributed by atoms with van der Waals surface area (Å²) in [5.74, 6) is 0.934. The van der Waals surface area contributed by atoms with Crippen LogP contribution in [0.3, 0.4) is 0 Å². The lowest BCUT2D eigenvalue weighted by molar-refractivity contribution is 0.420. The lowest BCUT2D eigenvalue weighted by atomic mass is 10.00. The molecule has 0 aliphatic rings. The molecule has 0 saturated carbocycles. The van der Waals surface area contributed by atoms with E-state index in [0.717, 1.165) is 12.3 Å². The van der Waals surface area contributed by atoms with Crippen LogP contribution in [0.4, 0.5) is 0 Å². The molecule has 0 saturated heterocycles. The fraction of sp³-hybridized carbons (Fsp3) is 0.263. The first-order chi connectivity index (χ1) is 10.1. The van der Waals surface area contributed by atoms with E-state index in [9.17, 15) is 0 Å². The van der Waals surface area contributed by atoms with Crippen LogP contribution in [-0.4, -0.2) is 11.7 Å². The number of fused-ring (bicyclic) bond motifs is 1. The number of benzene rings is 2. The maximum atomic E-state index is 5.44. The molecule has 1 aromatic heterocycles. The van der Waals surface area contributed by atoms with Crippen molar-refractivity contribution in [2.24, 2.45) is 0 Å². The van der Waals surface area contributed by atoms with Crippen molar-refractivity contribution in [2.75, 3.05) is 7.11 Å². The fourth-order valence-electron chi connectivity index (χ4n) is 3.14. The van der Waals surface area contributed by atoms with Crippen LogP contribution < -0.4 is 4.74 Å². The van der Waals surface area contributed by atoms with Crippen LogP contribution in [0, 0.1) is 20.8 Å². The van der Waals surface area contributed by atoms with Gasteiger partial charge < -0.3 is 9.30 Å². The minimum Gasteiger partial charge on any atom is -0.496 e. The van der Waals surface area contributed by atoms with Crippen molar-refractivity contribution in [1.82, 2.24) is 4.57 Å². The van der Waals surface area contributed by atoms with Crippen molar-refractivity contribution in [3.8, 4) is 5.75 Å². The van der Waals surface area contributed by atoms with E-state index in [1.807, 2.05) is 12.1 Å². The molecule has 3 aromatic rings. The molecule has 0 radical (unpaired) electrons. The number of methoxy groups -OCH3 is 1. The average Bonchev–Trinajstić information content (AvgIpc) is 2.85. The van der Waals surface area contributed by atoms with Crippen LogP contribution in [-0.2, 0) is 6.54 Å². The molecule has 0 unspecified atom stereocenters. The molecule has 2 aromatic carbocycles. The lowest BCUT2D eigenvalue weighted by Gasteiger charge is -2.13. The number of hydrogen-bond acceptors (Lipinski definition) is 1. The van der Waals surface area contributed by atoms with Crippen molar-refractivity contribution >= 4 is 10.9 Å². The summed E-state index contributed by atoms with van der Waals surface area (Å²) < 4.78 is 7.74. The van der Waals surface area contributed by atoms with E-state index in [1.54, 1.807) is 7.11 Å². The molecule has 0 N–H and O–H groups in total. The predicted octanol–water partition coefficient (Wildman–Crippen LogP) is 4.62. The van der Waals surface area contributed by atoms with Gasteiger partial charge in [-0.25, -0.2) is 0 Å². The molecule has 0 fully saturated rings. The van der Waals surface area contributed by atoms with Crippen molar-refractivity contribution in [3.63, 3.8) is 0 Å². The molecular weight excluding hydrogens is 258 g/mol. The Labute approximate surface area is 126 Å². The average molecular weight is 279 g/mol. The second-order valence-electron chi connectivity index (χ2n) is 5.71. The van der Waals surface area contributed by atoms with Gasteiger partial charge in [-0.3, -0.25) is 0 Å². The SMILES string of the molecule is COc1cccc2c1ccn2Cc1c(C)cc(C)cc1C. The van der Waals surface area contributed by atoms with Gasteiger partial charge in [-0.1, -0.05) is 23.8 Å². The highest BCUT2D eigenvalue weighted by Gasteiger charge is 2.09. The smallest absolute Gasteiger partial charge is 0.128 e. The quantitative estimate of drug-likeness (QED) is 0.682. The van der Waals surface area contributed by atoms with Gasteiger partial charge in [-0.05, 0) is 55.7 Å².